The van der Waals surface area contributed by atoms with Crippen molar-refractivity contribution in [2.45, 2.75) is 24.5 Å². The first-order chi connectivity index (χ1) is 9.26. The Labute approximate surface area is 115 Å². The summed E-state index contributed by atoms with van der Waals surface area (Å²) >= 11 is 2.00. The predicted octanol–water partition coefficient (Wildman–Crippen LogP) is 1.95. The van der Waals surface area contributed by atoms with Gasteiger partial charge in [0.15, 0.2) is 11.5 Å². The van der Waals surface area contributed by atoms with Crippen LogP contribution in [0.15, 0.2) is 18.3 Å². The molecule has 1 aliphatic heterocycles. The topological polar surface area (TPSA) is 56.5 Å². The molecule has 0 bridgehead atoms. The fourth-order valence-corrected chi connectivity index (χ4v) is 3.53. The van der Waals surface area contributed by atoms with Crippen LogP contribution in [0.1, 0.15) is 29.0 Å². The number of carbonyl (C=O) groups is 1. The number of methoxy groups -OCH3 is 1. The number of esters is 1. The molecule has 0 N–H and O–H groups in total. The van der Waals surface area contributed by atoms with E-state index in [-0.39, 0.29) is 5.97 Å². The summed E-state index contributed by atoms with van der Waals surface area (Å²) in [4.78, 5) is 15.9. The minimum atomic E-state index is -0.356. The van der Waals surface area contributed by atoms with Gasteiger partial charge >= 0.3 is 5.97 Å². The van der Waals surface area contributed by atoms with Crippen LogP contribution in [0.4, 0.5) is 0 Å². The minimum absolute atomic E-state index is 0.356. The zero-order valence-corrected chi connectivity index (χ0v) is 11.5. The Balaban J connectivity index is 1.85. The van der Waals surface area contributed by atoms with Gasteiger partial charge < -0.3 is 4.74 Å². The lowest BCUT2D eigenvalue weighted by Crippen LogP contribution is -2.04. The molecule has 0 amide bonds. The Morgan fingerprint density at radius 1 is 1.58 bits per heavy atom. The van der Waals surface area contributed by atoms with Gasteiger partial charge in [-0.1, -0.05) is 0 Å². The van der Waals surface area contributed by atoms with E-state index in [0.717, 1.165) is 17.9 Å². The molecule has 2 aromatic rings. The monoisotopic (exact) mass is 277 g/mol. The number of carbonyl (C=O) groups excluding carboxylic acids is 1. The molecule has 1 saturated heterocycles. The molecule has 0 aliphatic carbocycles. The van der Waals surface area contributed by atoms with Crippen LogP contribution in [-0.4, -0.2) is 38.7 Å². The number of thioether (sulfide) groups is 1. The first-order valence-electron chi connectivity index (χ1n) is 6.31. The van der Waals surface area contributed by atoms with E-state index in [0.29, 0.717) is 10.8 Å². The van der Waals surface area contributed by atoms with Gasteiger partial charge in [0.2, 0.25) is 0 Å². The average molecular weight is 277 g/mol. The first-order valence-corrected chi connectivity index (χ1v) is 7.36. The van der Waals surface area contributed by atoms with Gasteiger partial charge in [0, 0.05) is 17.9 Å². The lowest BCUT2D eigenvalue weighted by Gasteiger charge is -2.02. The highest BCUT2D eigenvalue weighted by molar-refractivity contribution is 8.00. The number of nitrogens with zero attached hydrogens (tertiary/aromatic N) is 3. The number of hydrogen-bond acceptors (Lipinski definition) is 5. The second-order valence-electron chi connectivity index (χ2n) is 4.58. The number of rotatable bonds is 3. The molecular formula is C13H15N3O2S. The Bertz CT molecular complexity index is 605. The molecule has 0 spiro atoms. The second kappa shape index (κ2) is 5.21. The summed E-state index contributed by atoms with van der Waals surface area (Å²) in [6.45, 7) is 0. The van der Waals surface area contributed by atoms with E-state index < -0.39 is 0 Å². The summed E-state index contributed by atoms with van der Waals surface area (Å²) < 4.78 is 6.35. The highest BCUT2D eigenvalue weighted by Crippen LogP contribution is 2.28. The van der Waals surface area contributed by atoms with Crippen molar-refractivity contribution in [2.75, 3.05) is 12.9 Å². The molecule has 6 heteroatoms. The molecule has 100 valence electrons. The van der Waals surface area contributed by atoms with Crippen molar-refractivity contribution < 1.29 is 9.53 Å². The summed E-state index contributed by atoms with van der Waals surface area (Å²) in [5, 5.41) is 5.07. The summed E-state index contributed by atoms with van der Waals surface area (Å²) in [5.74, 6) is 1.73. The van der Waals surface area contributed by atoms with Crippen molar-refractivity contribution in [1.82, 2.24) is 14.6 Å². The fraction of sp³-hybridized carbons (Fsp3) is 0.462. The lowest BCUT2D eigenvalue weighted by atomic mass is 10.2. The van der Waals surface area contributed by atoms with Gasteiger partial charge in [-0.2, -0.15) is 16.9 Å². The number of pyridine rings is 1. The van der Waals surface area contributed by atoms with Crippen molar-refractivity contribution in [1.29, 1.82) is 0 Å². The number of aromatic nitrogens is 3. The van der Waals surface area contributed by atoms with Gasteiger partial charge in [0.25, 0.3) is 0 Å². The molecule has 3 heterocycles. The summed E-state index contributed by atoms with van der Waals surface area (Å²) in [5.41, 5.74) is 1.26. The molecule has 0 saturated carbocycles. The van der Waals surface area contributed by atoms with Crippen LogP contribution < -0.4 is 0 Å². The maximum absolute atomic E-state index is 11.5. The van der Waals surface area contributed by atoms with E-state index >= 15 is 0 Å². The van der Waals surface area contributed by atoms with Crippen molar-refractivity contribution in [3.05, 3.63) is 29.7 Å². The Morgan fingerprint density at radius 3 is 3.21 bits per heavy atom. The molecule has 1 atom stereocenters. The molecule has 0 radical (unpaired) electrons. The molecule has 1 fully saturated rings. The smallest absolute Gasteiger partial charge is 0.339 e. The highest BCUT2D eigenvalue weighted by Gasteiger charge is 2.18. The Hall–Kier alpha value is -1.56. The largest absolute Gasteiger partial charge is 0.465 e. The summed E-state index contributed by atoms with van der Waals surface area (Å²) in [7, 11) is 1.37. The zero-order chi connectivity index (χ0) is 13.2. The third-order valence-electron chi connectivity index (χ3n) is 3.23. The SMILES string of the molecule is COC(=O)c1ccc2nc(CC3CCCS3)nn2c1. The van der Waals surface area contributed by atoms with E-state index in [2.05, 4.69) is 10.1 Å². The van der Waals surface area contributed by atoms with Gasteiger partial charge in [-0.25, -0.2) is 14.3 Å². The maximum atomic E-state index is 11.5. The van der Waals surface area contributed by atoms with Gasteiger partial charge in [-0.15, -0.1) is 0 Å². The molecule has 1 unspecified atom stereocenters. The van der Waals surface area contributed by atoms with Gasteiger partial charge in [0.05, 0.1) is 12.7 Å². The molecule has 5 nitrogen and oxygen atoms in total. The van der Waals surface area contributed by atoms with Gasteiger partial charge in [-0.05, 0) is 30.7 Å². The first kappa shape index (κ1) is 12.5. The number of fused-ring (bicyclic) bond motifs is 1. The van der Waals surface area contributed by atoms with Crippen LogP contribution in [0.2, 0.25) is 0 Å². The summed E-state index contributed by atoms with van der Waals surface area (Å²) in [6.07, 6.45) is 5.10. The van der Waals surface area contributed by atoms with E-state index in [4.69, 9.17) is 4.74 Å². The van der Waals surface area contributed by atoms with Crippen LogP contribution in [-0.2, 0) is 11.2 Å². The zero-order valence-electron chi connectivity index (χ0n) is 10.7. The van der Waals surface area contributed by atoms with Gasteiger partial charge in [0.1, 0.15) is 0 Å². The van der Waals surface area contributed by atoms with Crippen LogP contribution in [0.5, 0.6) is 0 Å². The van der Waals surface area contributed by atoms with Gasteiger partial charge in [-0.3, -0.25) is 0 Å². The van der Waals surface area contributed by atoms with E-state index in [1.807, 2.05) is 11.8 Å². The third kappa shape index (κ3) is 2.58. The summed E-state index contributed by atoms with van der Waals surface area (Å²) in [6, 6.07) is 3.51. The van der Waals surface area contributed by atoms with Crippen LogP contribution in [0.3, 0.4) is 0 Å². The molecule has 0 aromatic carbocycles. The Kier molecular flexibility index (Phi) is 3.42. The van der Waals surface area contributed by atoms with E-state index in [1.54, 1.807) is 22.8 Å². The third-order valence-corrected chi connectivity index (χ3v) is 4.63. The van der Waals surface area contributed by atoms with Crippen molar-refractivity contribution >= 4 is 23.4 Å². The van der Waals surface area contributed by atoms with Crippen molar-refractivity contribution in [3.63, 3.8) is 0 Å². The molecular weight excluding hydrogens is 262 g/mol. The van der Waals surface area contributed by atoms with E-state index in [1.165, 1.54) is 25.7 Å². The highest BCUT2D eigenvalue weighted by atomic mass is 32.2. The predicted molar refractivity (Wildman–Crippen MR) is 73.5 cm³/mol. The number of hydrogen-bond donors (Lipinski definition) is 0. The van der Waals surface area contributed by atoms with Crippen LogP contribution in [0.25, 0.3) is 5.65 Å². The average Bonchev–Trinajstić information content (AvgIpc) is 3.05. The maximum Gasteiger partial charge on any atom is 0.339 e. The van der Waals surface area contributed by atoms with Crippen LogP contribution >= 0.6 is 11.8 Å². The molecule has 3 rings (SSSR count). The standard InChI is InChI=1S/C13H15N3O2S/c1-18-13(17)9-4-5-12-14-11(15-16(12)8-9)7-10-3-2-6-19-10/h4-5,8,10H,2-3,6-7H2,1H3. The second-order valence-corrected chi connectivity index (χ2v) is 5.99. The Morgan fingerprint density at radius 2 is 2.47 bits per heavy atom. The van der Waals surface area contributed by atoms with Crippen molar-refractivity contribution in [3.8, 4) is 0 Å². The normalized spacial score (nSPS) is 18.9. The lowest BCUT2D eigenvalue weighted by molar-refractivity contribution is 0.0600. The van der Waals surface area contributed by atoms with E-state index in [9.17, 15) is 4.79 Å². The number of ether oxygens (including phenoxy) is 1. The minimum Gasteiger partial charge on any atom is -0.465 e. The fourth-order valence-electron chi connectivity index (χ4n) is 2.26. The van der Waals surface area contributed by atoms with Crippen molar-refractivity contribution in [2.24, 2.45) is 0 Å². The molecule has 2 aromatic heterocycles. The van der Waals surface area contributed by atoms with Crippen LogP contribution in [0, 0.1) is 0 Å². The quantitative estimate of drug-likeness (QED) is 0.803. The molecule has 19 heavy (non-hydrogen) atoms. The molecule has 1 aliphatic rings.